The molecule has 0 bridgehead atoms. The zero-order chi connectivity index (χ0) is 91.2. The predicted molar refractivity (Wildman–Crippen MR) is 458 cm³/mol. The summed E-state index contributed by atoms with van der Waals surface area (Å²) >= 11 is 0. The van der Waals surface area contributed by atoms with E-state index in [1.165, 1.54) is 47.9 Å². The molecule has 0 saturated carbocycles. The minimum absolute atomic E-state index is 0.0768. The van der Waals surface area contributed by atoms with Crippen molar-refractivity contribution in [1.29, 1.82) is 0 Å². The van der Waals surface area contributed by atoms with Crippen LogP contribution >= 0.6 is 0 Å². The fourth-order valence-electron chi connectivity index (χ4n) is 16.1. The van der Waals surface area contributed by atoms with Crippen molar-refractivity contribution < 1.29 is 79.6 Å². The van der Waals surface area contributed by atoms with E-state index in [0.29, 0.717) is 128 Å². The molecule has 11 heterocycles. The van der Waals surface area contributed by atoms with Crippen LogP contribution in [0.4, 0.5) is 41.1 Å². The number of carbonyl (C=O) groups is 8. The van der Waals surface area contributed by atoms with E-state index < -0.39 is 93.3 Å². The van der Waals surface area contributed by atoms with E-state index in [9.17, 15) is 65.4 Å². The summed E-state index contributed by atoms with van der Waals surface area (Å²) in [5.74, 6) is -4.97. The molecule has 0 spiro atoms. The zero-order valence-corrected chi connectivity index (χ0v) is 74.3. The second-order valence-electron chi connectivity index (χ2n) is 37.1. The number of aliphatic hydroxyl groups is 1. The van der Waals surface area contributed by atoms with Crippen molar-refractivity contribution >= 4 is 47.8 Å². The van der Waals surface area contributed by atoms with E-state index >= 15 is 0 Å². The minimum Gasteiger partial charge on any atom is -0.389 e. The SMILES string of the molecule is CC(C)(C)[C@H](NC(=O)n1nc(-c2ccc(F)c(F)c2)c2c1CCOC2)C(=O)N1CC(O)C1.CN1CCN(C(=O)[C@@H](NC(=O)n2nc(-c3ccc(F)c(F)c3)c3c2CCOC3)C(C)(C)C)CC1.CN1CCN(C(=O)[C@@H](NC(=O)n2nc(-c3ccc(F)cc3)c3c2CCOC3)C(C)(C)C)CC1.CNC(=O)[C@@H](NC(=O)n1nc(-c2ccncc2)c2c1CCCC2)C(C)(C)C. The van der Waals surface area contributed by atoms with Gasteiger partial charge in [-0.15, -0.1) is 0 Å². The molecule has 1 aliphatic carbocycles. The standard InChI is InChI=1S/C24H31F2N5O3.C24H32FN5O3.C22H26F2N4O4.C20H27N5O2/c1-24(2,3)21(22(32)30-10-8-29(4)9-11-30)27-23(33)31-19-7-12-34-14-16(19)20(28-31)15-5-6-17(25)18(26)13-15;1-24(2,3)21(22(31)29-12-10-28(4)11-13-29)26-23(32)30-19-9-14-33-15-18(19)20(27-30)16-5-7-17(25)8-6-16;1-22(2,3)19(20(30)27-9-13(29)10-27)25-21(31)28-17-6-7-32-11-14(17)18(26-28)12-4-5-15(23)16(24)8-12;1-20(2,3)17(18(26)21-4)23-19(27)25-15-8-6-5-7-14(15)16(24-25)13-9-11-22-12-10-13/h5-6,13,21H,7-12,14H2,1-4H3,(H,27,33);5-8,21H,9-15H2,1-4H3,(H,26,32);4-5,8,13,19,29H,6-7,9-11H2,1-3H3,(H,25,31);9-12,17H,5-8H2,1-4H3,(H,21,26)(H,23,27)/t2*21-;19-;17-/m1111/s1. The Labute approximate surface area is 729 Å². The lowest BCUT2D eigenvalue weighted by atomic mass is 9.85. The van der Waals surface area contributed by atoms with Crippen LogP contribution in [0, 0.1) is 50.7 Å². The Morgan fingerprint density at radius 1 is 0.397 bits per heavy atom. The first kappa shape index (κ1) is 94.0. The third-order valence-corrected chi connectivity index (χ3v) is 23.5. The fraction of sp³-hybridized carbons (Fsp3) is 0.522. The Bertz CT molecular complexity index is 5290. The lowest BCUT2D eigenvalue weighted by molar-refractivity contribution is -0.146. The number of likely N-dealkylation sites (N-methyl/N-ethyl adjacent to an activating group) is 3. The van der Waals surface area contributed by atoms with Gasteiger partial charge in [0, 0.05) is 149 Å². The van der Waals surface area contributed by atoms with Crippen LogP contribution in [0.5, 0.6) is 0 Å². The predicted octanol–water partition coefficient (Wildman–Crippen LogP) is 9.77. The minimum atomic E-state index is -1.01. The van der Waals surface area contributed by atoms with E-state index in [0.717, 1.165) is 110 Å². The van der Waals surface area contributed by atoms with Gasteiger partial charge in [-0.05, 0) is 134 Å². The van der Waals surface area contributed by atoms with Gasteiger partial charge in [0.15, 0.2) is 23.3 Å². The van der Waals surface area contributed by atoms with Gasteiger partial charge in [0.05, 0.1) is 91.3 Å². The second-order valence-corrected chi connectivity index (χ2v) is 37.1. The van der Waals surface area contributed by atoms with Gasteiger partial charge in [-0.1, -0.05) is 83.1 Å². The number of ether oxygens (including phenoxy) is 3. The molecule has 6 aliphatic heterocycles. The normalized spacial score (nSPS) is 17.2. The molecule has 5 aromatic heterocycles. The van der Waals surface area contributed by atoms with Crippen LogP contribution in [0.2, 0.25) is 0 Å². The summed E-state index contributed by atoms with van der Waals surface area (Å²) in [4.78, 5) is 119. The Hall–Kier alpha value is -11.2. The number of benzene rings is 3. The number of aromatic nitrogens is 9. The summed E-state index contributed by atoms with van der Waals surface area (Å²) in [6, 6.07) is 11.9. The maximum Gasteiger partial charge on any atom is 0.343 e. The average Bonchev–Trinajstić information content (AvgIpc) is 1.64. The number of β-amino-alcohol motifs (C(OH)–C–C–N with tert-alkyl or cyclic N) is 1. The Balaban J connectivity index is 0.000000153. The highest BCUT2D eigenvalue weighted by Gasteiger charge is 2.44. The molecule has 0 unspecified atom stereocenters. The van der Waals surface area contributed by atoms with E-state index in [1.54, 1.807) is 36.5 Å². The molecule has 0 radical (unpaired) electrons. The van der Waals surface area contributed by atoms with Crippen molar-refractivity contribution in [3.8, 4) is 45.0 Å². The van der Waals surface area contributed by atoms with Crippen molar-refractivity contribution in [2.75, 3.05) is 106 Å². The Morgan fingerprint density at radius 2 is 0.714 bits per heavy atom. The monoisotopic (exact) mass is 1750 g/mol. The van der Waals surface area contributed by atoms with Crippen LogP contribution in [0.25, 0.3) is 45.0 Å². The molecule has 8 amide bonds. The molecule has 7 aliphatic rings. The molecule has 6 N–H and O–H groups in total. The number of fused-ring (bicyclic) bond motifs is 4. The van der Waals surface area contributed by atoms with Crippen molar-refractivity contribution in [2.24, 2.45) is 21.7 Å². The molecule has 8 aromatic rings. The summed E-state index contributed by atoms with van der Waals surface area (Å²) in [7, 11) is 5.62. The summed E-state index contributed by atoms with van der Waals surface area (Å²) in [6.07, 6.45) is 8.10. The zero-order valence-electron chi connectivity index (χ0n) is 74.3. The molecule has 3 fully saturated rings. The van der Waals surface area contributed by atoms with Gasteiger partial charge >= 0.3 is 24.1 Å². The van der Waals surface area contributed by atoms with Gasteiger partial charge in [-0.2, -0.15) is 39.1 Å². The number of likely N-dealkylation sites (tertiary alicyclic amines) is 1. The van der Waals surface area contributed by atoms with Gasteiger partial charge in [-0.25, -0.2) is 41.1 Å². The second kappa shape index (κ2) is 39.4. The first-order chi connectivity index (χ1) is 59.6. The van der Waals surface area contributed by atoms with Crippen molar-refractivity contribution in [3.63, 3.8) is 0 Å². The summed E-state index contributed by atoms with van der Waals surface area (Å²) < 4.78 is 89.9. The average molecular weight is 1750 g/mol. The van der Waals surface area contributed by atoms with E-state index in [1.807, 2.05) is 114 Å². The Kier molecular flexibility index (Phi) is 29.4. The highest BCUT2D eigenvalue weighted by atomic mass is 19.2. The number of pyridine rings is 1. The Morgan fingerprint density at radius 3 is 1.06 bits per heavy atom. The summed E-state index contributed by atoms with van der Waals surface area (Å²) in [5, 5.41) is 41.7. The van der Waals surface area contributed by atoms with Gasteiger partial charge in [0.2, 0.25) is 23.6 Å². The number of hydrogen-bond acceptors (Lipinski definition) is 19. The molecule has 3 aromatic carbocycles. The third-order valence-electron chi connectivity index (χ3n) is 23.5. The first-order valence-electron chi connectivity index (χ1n) is 42.7. The summed E-state index contributed by atoms with van der Waals surface area (Å²) in [6.45, 7) is 31.0. The number of amides is 8. The summed E-state index contributed by atoms with van der Waals surface area (Å²) in [5.41, 5.74) is 8.62. The lowest BCUT2D eigenvalue weighted by Gasteiger charge is -2.41. The molecule has 3 saturated heterocycles. The number of carbonyl (C=O) groups excluding carboxylic acids is 8. The number of nitrogens with zero attached hydrogens (tertiary/aromatic N) is 14. The number of halogens is 5. The molecular weight excluding hydrogens is 1630 g/mol. The molecule has 4 atom stereocenters. The fourth-order valence-corrected chi connectivity index (χ4v) is 16.1. The van der Waals surface area contributed by atoms with Crippen LogP contribution in [-0.2, 0) is 85.3 Å². The number of hydrogen-bond donors (Lipinski definition) is 6. The van der Waals surface area contributed by atoms with Crippen LogP contribution in [0.3, 0.4) is 0 Å². The number of aliphatic hydroxyl groups excluding tert-OH is 1. The molecular formula is C90H116F5N19O12. The van der Waals surface area contributed by atoms with Gasteiger partial charge in [0.1, 0.15) is 30.0 Å². The first-order valence-corrected chi connectivity index (χ1v) is 42.7. The number of nitrogens with one attached hydrogen (secondary N) is 5. The topological polar surface area (TPSA) is 345 Å². The van der Waals surface area contributed by atoms with E-state index in [4.69, 9.17) is 14.2 Å². The van der Waals surface area contributed by atoms with Crippen molar-refractivity contribution in [2.45, 2.75) is 178 Å². The maximum absolute atomic E-state index is 13.9. The van der Waals surface area contributed by atoms with Gasteiger partial charge in [-0.3, -0.25) is 24.2 Å². The lowest BCUT2D eigenvalue weighted by Crippen LogP contribution is -2.62. The highest BCUT2D eigenvalue weighted by molar-refractivity contribution is 5.92. The maximum atomic E-state index is 13.9. The molecule has 15 rings (SSSR count). The quantitative estimate of drug-likeness (QED) is 0.0619. The molecule has 36 heteroatoms. The molecule has 31 nitrogen and oxygen atoms in total. The van der Waals surface area contributed by atoms with Gasteiger partial charge < -0.3 is 70.4 Å². The van der Waals surface area contributed by atoms with E-state index in [2.05, 4.69) is 61.8 Å². The van der Waals surface area contributed by atoms with Crippen LogP contribution in [-0.4, -0.2) is 258 Å². The van der Waals surface area contributed by atoms with Crippen molar-refractivity contribution in [3.05, 3.63) is 159 Å². The van der Waals surface area contributed by atoms with Crippen LogP contribution in [0.1, 0.15) is 141 Å². The smallest absolute Gasteiger partial charge is 0.343 e. The number of rotatable bonds is 12. The third kappa shape index (κ3) is 21.7. The highest BCUT2D eigenvalue weighted by Crippen LogP contribution is 2.37. The molecule has 126 heavy (non-hydrogen) atoms. The number of piperazine rings is 2. The van der Waals surface area contributed by atoms with E-state index in [-0.39, 0.29) is 61.8 Å². The van der Waals surface area contributed by atoms with Gasteiger partial charge in [0.25, 0.3) is 0 Å². The van der Waals surface area contributed by atoms with Crippen LogP contribution < -0.4 is 26.6 Å². The van der Waals surface area contributed by atoms with Crippen molar-refractivity contribution in [1.82, 2.24) is 95.2 Å². The van der Waals surface area contributed by atoms with Crippen LogP contribution in [0.15, 0.2) is 85.2 Å². The largest absolute Gasteiger partial charge is 0.389 e. The molecule has 678 valence electrons.